The minimum Gasteiger partial charge on any atom is -0.324 e. The van der Waals surface area contributed by atoms with Crippen molar-refractivity contribution in [3.63, 3.8) is 0 Å². The topological polar surface area (TPSA) is 102 Å². The maximum absolute atomic E-state index is 11.6. The molecule has 0 aromatic carbocycles. The van der Waals surface area contributed by atoms with Crippen molar-refractivity contribution in [3.05, 3.63) is 0 Å². The van der Waals surface area contributed by atoms with Crippen molar-refractivity contribution in [1.29, 1.82) is 5.26 Å². The van der Waals surface area contributed by atoms with Crippen LogP contribution < -0.4 is 10.6 Å². The first-order valence-corrected chi connectivity index (χ1v) is 4.20. The Morgan fingerprint density at radius 1 is 1.60 bits per heavy atom. The summed E-state index contributed by atoms with van der Waals surface area (Å²) in [6, 6.07) is -0.627. The lowest BCUT2D eigenvalue weighted by Crippen LogP contribution is -2.42. The molecule has 0 unspecified atom stereocenters. The third-order valence-electron chi connectivity index (χ3n) is 1.94. The van der Waals surface area contributed by atoms with E-state index in [9.17, 15) is 14.4 Å². The molecule has 0 spiro atoms. The summed E-state index contributed by atoms with van der Waals surface area (Å²) in [5.41, 5.74) is -0.996. The van der Waals surface area contributed by atoms with Gasteiger partial charge in [0.05, 0.1) is 0 Å². The molecule has 2 N–H and O–H groups in total. The van der Waals surface area contributed by atoms with E-state index in [1.165, 1.54) is 20.0 Å². The third kappa shape index (κ3) is 2.04. The number of hydrogen-bond donors (Lipinski definition) is 2. The lowest BCUT2D eigenvalue weighted by molar-refractivity contribution is -0.133. The zero-order valence-corrected chi connectivity index (χ0v) is 8.33. The van der Waals surface area contributed by atoms with Crippen LogP contribution >= 0.6 is 0 Å². The predicted octanol–water partition coefficient (Wildman–Crippen LogP) is -1.09. The number of nitrogens with one attached hydrogen (secondary N) is 2. The molecule has 0 atom stereocenters. The van der Waals surface area contributed by atoms with E-state index >= 15 is 0 Å². The van der Waals surface area contributed by atoms with Crippen molar-refractivity contribution in [1.82, 2.24) is 15.5 Å². The van der Waals surface area contributed by atoms with Crippen molar-refractivity contribution in [2.45, 2.75) is 19.4 Å². The van der Waals surface area contributed by atoms with Crippen molar-refractivity contribution in [3.8, 4) is 6.19 Å². The largest absolute Gasteiger partial charge is 0.325 e. The first-order valence-electron chi connectivity index (χ1n) is 4.20. The van der Waals surface area contributed by atoms with Crippen molar-refractivity contribution >= 4 is 17.8 Å². The average molecular weight is 210 g/mol. The number of rotatable bonds is 2. The van der Waals surface area contributed by atoms with E-state index < -0.39 is 29.9 Å². The van der Waals surface area contributed by atoms with Gasteiger partial charge in [-0.1, -0.05) is 0 Å². The second kappa shape index (κ2) is 3.57. The zero-order chi connectivity index (χ0) is 11.6. The van der Waals surface area contributed by atoms with Crippen LogP contribution in [0.25, 0.3) is 0 Å². The van der Waals surface area contributed by atoms with Crippen LogP contribution in [0.1, 0.15) is 13.8 Å². The Morgan fingerprint density at radius 3 is 2.60 bits per heavy atom. The summed E-state index contributed by atoms with van der Waals surface area (Å²) < 4.78 is 0. The molecule has 1 rings (SSSR count). The van der Waals surface area contributed by atoms with Crippen LogP contribution in [-0.2, 0) is 9.59 Å². The molecule has 0 aromatic rings. The molecular weight excluding hydrogens is 200 g/mol. The number of carbonyl (C=O) groups excluding carboxylic acids is 3. The van der Waals surface area contributed by atoms with Crippen LogP contribution in [-0.4, -0.2) is 34.8 Å². The summed E-state index contributed by atoms with van der Waals surface area (Å²) >= 11 is 0. The minimum atomic E-state index is -0.996. The van der Waals surface area contributed by atoms with Gasteiger partial charge in [0.2, 0.25) is 0 Å². The first-order chi connectivity index (χ1) is 6.88. The fourth-order valence-electron chi connectivity index (χ4n) is 1.21. The van der Waals surface area contributed by atoms with Crippen LogP contribution in [0, 0.1) is 11.5 Å². The first kappa shape index (κ1) is 11.0. The summed E-state index contributed by atoms with van der Waals surface area (Å²) in [7, 11) is 0. The highest BCUT2D eigenvalue weighted by atomic mass is 16.2. The Hall–Kier alpha value is -2.10. The molecule has 1 aliphatic heterocycles. The Labute approximate surface area is 86.0 Å². The van der Waals surface area contributed by atoms with Gasteiger partial charge in [0.15, 0.2) is 6.19 Å². The van der Waals surface area contributed by atoms with Gasteiger partial charge in [-0.05, 0) is 13.8 Å². The van der Waals surface area contributed by atoms with Crippen molar-refractivity contribution in [2.24, 2.45) is 0 Å². The number of urea groups is 1. The van der Waals surface area contributed by atoms with Crippen LogP contribution in [0.2, 0.25) is 0 Å². The van der Waals surface area contributed by atoms with Gasteiger partial charge in [-0.25, -0.2) is 4.79 Å². The number of hydrogen-bond acceptors (Lipinski definition) is 4. The fourth-order valence-corrected chi connectivity index (χ4v) is 1.21. The summed E-state index contributed by atoms with van der Waals surface area (Å²) in [6.45, 7) is 2.63. The van der Waals surface area contributed by atoms with E-state index in [-0.39, 0.29) is 0 Å². The zero-order valence-electron chi connectivity index (χ0n) is 8.33. The van der Waals surface area contributed by atoms with Gasteiger partial charge < -0.3 is 5.32 Å². The highest BCUT2D eigenvalue weighted by Crippen LogP contribution is 2.15. The molecule has 0 bridgehead atoms. The maximum atomic E-state index is 11.6. The lowest BCUT2D eigenvalue weighted by Gasteiger charge is -2.14. The molecule has 7 nitrogen and oxygen atoms in total. The Morgan fingerprint density at radius 2 is 2.20 bits per heavy atom. The standard InChI is InChI=1S/C8H10N4O3/c1-8(2)6(14)12(7(15)11-8)3-5(13)10-4-9/h3H2,1-2H3,(H,10,13)(H,11,15). The summed E-state index contributed by atoms with van der Waals surface area (Å²) in [6.07, 6.45) is 1.42. The van der Waals surface area contributed by atoms with Gasteiger partial charge in [0, 0.05) is 0 Å². The lowest BCUT2D eigenvalue weighted by atomic mass is 10.1. The summed E-state index contributed by atoms with van der Waals surface area (Å²) in [5.74, 6) is -1.18. The van der Waals surface area contributed by atoms with E-state index in [0.29, 0.717) is 0 Å². The summed E-state index contributed by atoms with van der Waals surface area (Å²) in [4.78, 5) is 34.6. The molecule has 80 valence electrons. The SMILES string of the molecule is CC1(C)NC(=O)N(CC(=O)NC#N)C1=O. The van der Waals surface area contributed by atoms with E-state index in [0.717, 1.165) is 4.90 Å². The second-order valence-corrected chi connectivity index (χ2v) is 3.61. The molecule has 0 aliphatic carbocycles. The van der Waals surface area contributed by atoms with E-state index in [1.54, 1.807) is 0 Å². The molecule has 1 fully saturated rings. The van der Waals surface area contributed by atoms with Gasteiger partial charge in [0.25, 0.3) is 11.8 Å². The van der Waals surface area contributed by atoms with Crippen LogP contribution in [0.4, 0.5) is 4.79 Å². The average Bonchev–Trinajstić information content (AvgIpc) is 2.28. The van der Waals surface area contributed by atoms with Gasteiger partial charge in [-0.15, -0.1) is 0 Å². The van der Waals surface area contributed by atoms with Crippen LogP contribution in [0.5, 0.6) is 0 Å². The Bertz CT molecular complexity index is 369. The third-order valence-corrected chi connectivity index (χ3v) is 1.94. The normalized spacial score (nSPS) is 18.3. The number of imide groups is 1. The molecule has 0 aromatic heterocycles. The van der Waals surface area contributed by atoms with Crippen LogP contribution in [0.15, 0.2) is 0 Å². The molecule has 1 aliphatic rings. The molecule has 7 heteroatoms. The quantitative estimate of drug-likeness (QED) is 0.343. The van der Waals surface area contributed by atoms with E-state index in [4.69, 9.17) is 5.26 Å². The Kier molecular flexibility index (Phi) is 2.61. The van der Waals surface area contributed by atoms with E-state index in [1.807, 2.05) is 5.32 Å². The highest BCUT2D eigenvalue weighted by molar-refractivity contribution is 6.08. The molecule has 0 saturated carbocycles. The highest BCUT2D eigenvalue weighted by Gasteiger charge is 2.44. The van der Waals surface area contributed by atoms with Gasteiger partial charge >= 0.3 is 6.03 Å². The number of nitrogens with zero attached hydrogens (tertiary/aromatic N) is 2. The van der Waals surface area contributed by atoms with Gasteiger partial charge in [-0.2, -0.15) is 5.26 Å². The van der Waals surface area contributed by atoms with Crippen molar-refractivity contribution in [2.75, 3.05) is 6.54 Å². The van der Waals surface area contributed by atoms with Crippen molar-refractivity contribution < 1.29 is 14.4 Å². The fraction of sp³-hybridized carbons (Fsp3) is 0.500. The number of amides is 4. The molecule has 1 heterocycles. The minimum absolute atomic E-state index is 0.443. The smallest absolute Gasteiger partial charge is 0.324 e. The van der Waals surface area contributed by atoms with Gasteiger partial charge in [0.1, 0.15) is 12.1 Å². The molecular formula is C8H10N4O3. The van der Waals surface area contributed by atoms with Crippen LogP contribution in [0.3, 0.4) is 0 Å². The molecule has 4 amide bonds. The predicted molar refractivity (Wildman–Crippen MR) is 48.1 cm³/mol. The monoisotopic (exact) mass is 210 g/mol. The molecule has 1 saturated heterocycles. The number of carbonyl (C=O) groups is 3. The van der Waals surface area contributed by atoms with E-state index in [2.05, 4.69) is 5.32 Å². The maximum Gasteiger partial charge on any atom is 0.325 e. The molecule has 15 heavy (non-hydrogen) atoms. The molecule has 0 radical (unpaired) electrons. The second-order valence-electron chi connectivity index (χ2n) is 3.61. The summed E-state index contributed by atoms with van der Waals surface area (Å²) in [5, 5.41) is 12.4. The number of nitriles is 1. The van der Waals surface area contributed by atoms with Gasteiger partial charge in [-0.3, -0.25) is 19.8 Å². The Balaban J connectivity index is 2.73.